The zero-order valence-corrected chi connectivity index (χ0v) is 18.3. The molecule has 31 heavy (non-hydrogen) atoms. The van der Waals surface area contributed by atoms with E-state index in [0.29, 0.717) is 41.4 Å². The van der Waals surface area contributed by atoms with Crippen molar-refractivity contribution >= 4 is 29.5 Å². The van der Waals surface area contributed by atoms with Crippen LogP contribution in [-0.4, -0.2) is 64.4 Å². The summed E-state index contributed by atoms with van der Waals surface area (Å²) in [4.78, 5) is 34.0. The molecule has 0 amide bonds. The van der Waals surface area contributed by atoms with Crippen molar-refractivity contribution in [3.05, 3.63) is 41.4 Å². The molecule has 2 bridgehead atoms. The second-order valence-corrected chi connectivity index (χ2v) is 8.00. The molecule has 0 radical (unpaired) electrons. The zero-order chi connectivity index (χ0) is 23.0. The van der Waals surface area contributed by atoms with Crippen molar-refractivity contribution in [3.8, 4) is 5.75 Å². The number of halogens is 1. The maximum atomic E-state index is 12.4. The smallest absolute Gasteiger partial charge is 0.347 e. The van der Waals surface area contributed by atoms with Crippen LogP contribution in [0.3, 0.4) is 0 Å². The van der Waals surface area contributed by atoms with E-state index >= 15 is 0 Å². The third-order valence-electron chi connectivity index (χ3n) is 5.43. The largest absolute Gasteiger partial charge is 0.479 e. The van der Waals surface area contributed by atoms with Crippen LogP contribution in [-0.2, 0) is 19.1 Å². The molecular weight excluding hydrogens is 426 g/mol. The number of carbonyl (C=O) groups excluding carboxylic acids is 1. The lowest BCUT2D eigenvalue weighted by atomic mass is 10.0. The molecule has 0 saturated carbocycles. The average molecular weight is 454 g/mol. The van der Waals surface area contributed by atoms with Crippen LogP contribution in [0.4, 0.5) is 0 Å². The topological polar surface area (TPSA) is 113 Å². The number of esters is 1. The standard InChI is InChI=1S/C18H24ClNO3.C4H4O4/c1-3-17(22-15-8-4-12(19)5-9-15)18(21)23-16-10-13-6-7-14(11-16)20(13)2;5-3(6)1-2-4(7)8/h4-5,8-9,13-14,16-17H,3,6-7,10-11H2,1-2H3;1-2H,(H,5,6)(H,7,8)/b;2-1-. The molecular formula is C22H28ClNO7. The summed E-state index contributed by atoms with van der Waals surface area (Å²) in [7, 11) is 2.18. The highest BCUT2D eigenvalue weighted by atomic mass is 35.5. The fourth-order valence-electron chi connectivity index (χ4n) is 3.82. The Bertz CT molecular complexity index is 766. The molecule has 3 unspecified atom stereocenters. The Kier molecular flexibility index (Phi) is 9.33. The van der Waals surface area contributed by atoms with Crippen LogP contribution in [0.2, 0.25) is 5.02 Å². The number of carboxylic acids is 2. The monoisotopic (exact) mass is 453 g/mol. The summed E-state index contributed by atoms with van der Waals surface area (Å²) in [6, 6.07) is 8.17. The van der Waals surface area contributed by atoms with Crippen molar-refractivity contribution in [2.45, 2.75) is 63.3 Å². The van der Waals surface area contributed by atoms with Gasteiger partial charge in [-0.2, -0.15) is 0 Å². The Balaban J connectivity index is 0.000000366. The average Bonchev–Trinajstić information content (AvgIpc) is 2.92. The van der Waals surface area contributed by atoms with Crippen molar-refractivity contribution in [1.29, 1.82) is 0 Å². The molecule has 2 saturated heterocycles. The highest BCUT2D eigenvalue weighted by molar-refractivity contribution is 6.30. The number of ether oxygens (including phenoxy) is 2. The van der Waals surface area contributed by atoms with Crippen molar-refractivity contribution in [3.63, 3.8) is 0 Å². The Hall–Kier alpha value is -2.58. The second kappa shape index (κ2) is 11.7. The van der Waals surface area contributed by atoms with Gasteiger partial charge in [-0.1, -0.05) is 18.5 Å². The van der Waals surface area contributed by atoms with Crippen LogP contribution < -0.4 is 4.74 Å². The summed E-state index contributed by atoms with van der Waals surface area (Å²) >= 11 is 5.87. The van der Waals surface area contributed by atoms with E-state index in [2.05, 4.69) is 11.9 Å². The molecule has 2 aliphatic rings. The van der Waals surface area contributed by atoms with Crippen molar-refractivity contribution in [2.75, 3.05) is 7.05 Å². The fraction of sp³-hybridized carbons (Fsp3) is 0.500. The van der Waals surface area contributed by atoms with Crippen molar-refractivity contribution in [1.82, 2.24) is 4.90 Å². The van der Waals surface area contributed by atoms with Crippen molar-refractivity contribution in [2.24, 2.45) is 0 Å². The second-order valence-electron chi connectivity index (χ2n) is 7.56. The molecule has 2 N–H and O–H groups in total. The molecule has 8 nitrogen and oxygen atoms in total. The van der Waals surface area contributed by atoms with Gasteiger partial charge in [-0.15, -0.1) is 0 Å². The predicted octanol–water partition coefficient (Wildman–Crippen LogP) is 3.38. The van der Waals surface area contributed by atoms with Gasteiger partial charge in [-0.25, -0.2) is 14.4 Å². The first-order valence-corrected chi connectivity index (χ1v) is 10.6. The lowest BCUT2D eigenvalue weighted by molar-refractivity contribution is -0.161. The Morgan fingerprint density at radius 3 is 2.06 bits per heavy atom. The lowest BCUT2D eigenvalue weighted by Crippen LogP contribution is -2.44. The van der Waals surface area contributed by atoms with E-state index < -0.39 is 18.0 Å². The number of rotatable bonds is 7. The molecule has 1 aromatic rings. The maximum Gasteiger partial charge on any atom is 0.347 e. The van der Waals surface area contributed by atoms with Gasteiger partial charge in [0.15, 0.2) is 6.10 Å². The number of nitrogens with zero attached hydrogens (tertiary/aromatic N) is 1. The van der Waals surface area contributed by atoms with Gasteiger partial charge in [0.2, 0.25) is 0 Å². The van der Waals surface area contributed by atoms with Gasteiger partial charge in [-0.05, 0) is 63.4 Å². The van der Waals surface area contributed by atoms with E-state index in [1.165, 1.54) is 12.8 Å². The van der Waals surface area contributed by atoms with E-state index in [0.717, 1.165) is 12.8 Å². The quantitative estimate of drug-likeness (QED) is 0.477. The number of fused-ring (bicyclic) bond motifs is 2. The summed E-state index contributed by atoms with van der Waals surface area (Å²) in [6.07, 6.45) is 5.48. The summed E-state index contributed by atoms with van der Waals surface area (Å²) in [5, 5.41) is 16.3. The first kappa shape index (κ1) is 24.7. The number of piperidine rings is 1. The number of hydrogen-bond acceptors (Lipinski definition) is 6. The molecule has 9 heteroatoms. The number of aliphatic carboxylic acids is 2. The van der Waals surface area contributed by atoms with Crippen LogP contribution >= 0.6 is 11.6 Å². The molecule has 170 valence electrons. The number of carbonyl (C=O) groups is 3. The number of benzene rings is 1. The molecule has 2 aliphatic heterocycles. The third kappa shape index (κ3) is 7.88. The van der Waals surface area contributed by atoms with Crippen LogP contribution in [0.25, 0.3) is 0 Å². The van der Waals surface area contributed by atoms with Crippen LogP contribution in [0, 0.1) is 0 Å². The normalized spacial score (nSPS) is 23.5. The fourth-order valence-corrected chi connectivity index (χ4v) is 3.94. The molecule has 3 rings (SSSR count). The summed E-state index contributed by atoms with van der Waals surface area (Å²) in [6.45, 7) is 1.93. The van der Waals surface area contributed by atoms with Crippen LogP contribution in [0.1, 0.15) is 39.0 Å². The van der Waals surface area contributed by atoms with Gasteiger partial charge in [0.05, 0.1) is 0 Å². The Morgan fingerprint density at radius 1 is 1.10 bits per heavy atom. The first-order valence-electron chi connectivity index (χ1n) is 10.2. The van der Waals surface area contributed by atoms with Crippen LogP contribution in [0.15, 0.2) is 36.4 Å². The highest BCUT2D eigenvalue weighted by Gasteiger charge is 2.40. The molecule has 2 heterocycles. The van der Waals surface area contributed by atoms with Gasteiger partial charge in [0.1, 0.15) is 11.9 Å². The van der Waals surface area contributed by atoms with Gasteiger partial charge >= 0.3 is 17.9 Å². The highest BCUT2D eigenvalue weighted by Crippen LogP contribution is 2.35. The SMILES string of the molecule is CCC(Oc1ccc(Cl)cc1)C(=O)OC1CC2CCC(C1)N2C.O=C(O)/C=C\C(=O)O. The van der Waals surface area contributed by atoms with Crippen LogP contribution in [0.5, 0.6) is 5.75 Å². The number of hydrogen-bond donors (Lipinski definition) is 2. The van der Waals surface area contributed by atoms with E-state index in [1.54, 1.807) is 24.3 Å². The van der Waals surface area contributed by atoms with E-state index in [-0.39, 0.29) is 12.1 Å². The lowest BCUT2D eigenvalue weighted by Gasteiger charge is -2.36. The van der Waals surface area contributed by atoms with Gasteiger partial charge in [0.25, 0.3) is 0 Å². The minimum absolute atomic E-state index is 0.0269. The molecule has 2 fully saturated rings. The maximum absolute atomic E-state index is 12.4. The molecule has 3 atom stereocenters. The predicted molar refractivity (Wildman–Crippen MR) is 114 cm³/mol. The summed E-state index contributed by atoms with van der Waals surface area (Å²) in [5.74, 6) is -2.13. The Labute approximate surface area is 186 Å². The molecule has 0 spiro atoms. The van der Waals surface area contributed by atoms with Gasteiger partial charge < -0.3 is 24.6 Å². The van der Waals surface area contributed by atoms with E-state index in [4.69, 9.17) is 31.3 Å². The van der Waals surface area contributed by atoms with E-state index in [1.807, 2.05) is 6.92 Å². The van der Waals surface area contributed by atoms with Crippen molar-refractivity contribution < 1.29 is 34.1 Å². The van der Waals surface area contributed by atoms with Gasteiger partial charge in [0, 0.05) is 29.3 Å². The Morgan fingerprint density at radius 2 is 1.61 bits per heavy atom. The molecule has 0 aliphatic carbocycles. The molecule has 1 aromatic carbocycles. The number of carboxylic acid groups (broad SMARTS) is 2. The minimum Gasteiger partial charge on any atom is -0.479 e. The zero-order valence-electron chi connectivity index (χ0n) is 17.6. The minimum atomic E-state index is -1.26. The van der Waals surface area contributed by atoms with Gasteiger partial charge in [-0.3, -0.25) is 0 Å². The van der Waals surface area contributed by atoms with E-state index in [9.17, 15) is 14.4 Å². The third-order valence-corrected chi connectivity index (χ3v) is 5.68. The molecule has 0 aromatic heterocycles. The summed E-state index contributed by atoms with van der Waals surface area (Å²) in [5.41, 5.74) is 0. The summed E-state index contributed by atoms with van der Waals surface area (Å²) < 4.78 is 11.5. The first-order chi connectivity index (χ1) is 14.7.